The quantitative estimate of drug-likeness (QED) is 0.721. The van der Waals surface area contributed by atoms with Crippen LogP contribution in [0.1, 0.15) is 5.56 Å². The molecule has 8 heteroatoms. The molecule has 0 saturated carbocycles. The Bertz CT molecular complexity index is 1160. The van der Waals surface area contributed by atoms with Crippen LogP contribution >= 0.6 is 0 Å². The lowest BCUT2D eigenvalue weighted by atomic mass is 10.2. The SMILES string of the molecule is Cn1c(=O)c2cc(NC(=O)/C=C/c3cccc(F)c3)cnc2n(C)c1=O. The van der Waals surface area contributed by atoms with Crippen molar-refractivity contribution < 1.29 is 9.18 Å². The minimum Gasteiger partial charge on any atom is -0.321 e. The maximum atomic E-state index is 13.1. The van der Waals surface area contributed by atoms with E-state index in [1.54, 1.807) is 12.1 Å². The number of nitrogens with one attached hydrogen (secondary N) is 1. The number of hydrogen-bond donors (Lipinski definition) is 1. The largest absolute Gasteiger partial charge is 0.332 e. The third-order valence-electron chi connectivity index (χ3n) is 3.84. The molecule has 2 heterocycles. The highest BCUT2D eigenvalue weighted by Gasteiger charge is 2.10. The average molecular weight is 354 g/mol. The van der Waals surface area contributed by atoms with E-state index in [4.69, 9.17) is 0 Å². The van der Waals surface area contributed by atoms with E-state index >= 15 is 0 Å². The summed E-state index contributed by atoms with van der Waals surface area (Å²) >= 11 is 0. The first-order valence-electron chi connectivity index (χ1n) is 7.67. The second kappa shape index (κ2) is 6.75. The fraction of sp³-hybridized carbons (Fsp3) is 0.111. The van der Waals surface area contributed by atoms with Crippen LogP contribution in [0.4, 0.5) is 10.1 Å². The number of pyridine rings is 1. The average Bonchev–Trinajstić information content (AvgIpc) is 2.63. The summed E-state index contributed by atoms with van der Waals surface area (Å²) in [5.74, 6) is -0.857. The van der Waals surface area contributed by atoms with E-state index in [-0.39, 0.29) is 11.0 Å². The van der Waals surface area contributed by atoms with Gasteiger partial charge in [0.05, 0.1) is 17.3 Å². The van der Waals surface area contributed by atoms with Crippen LogP contribution in [0.3, 0.4) is 0 Å². The van der Waals surface area contributed by atoms with Crippen molar-refractivity contribution in [3.8, 4) is 0 Å². The van der Waals surface area contributed by atoms with Gasteiger partial charge in [0.15, 0.2) is 0 Å². The van der Waals surface area contributed by atoms with E-state index in [0.29, 0.717) is 11.3 Å². The smallest absolute Gasteiger partial charge is 0.321 e. The fourth-order valence-corrected chi connectivity index (χ4v) is 2.50. The van der Waals surface area contributed by atoms with Gasteiger partial charge in [-0.2, -0.15) is 0 Å². The van der Waals surface area contributed by atoms with Crippen molar-refractivity contribution in [2.24, 2.45) is 14.1 Å². The maximum Gasteiger partial charge on any atom is 0.332 e. The van der Waals surface area contributed by atoms with Gasteiger partial charge in [-0.15, -0.1) is 0 Å². The Kier molecular flexibility index (Phi) is 4.49. The monoisotopic (exact) mass is 354 g/mol. The number of halogens is 1. The van der Waals surface area contributed by atoms with Crippen LogP contribution in [0.25, 0.3) is 17.1 Å². The summed E-state index contributed by atoms with van der Waals surface area (Å²) in [6, 6.07) is 7.27. The van der Waals surface area contributed by atoms with E-state index < -0.39 is 23.0 Å². The van der Waals surface area contributed by atoms with Crippen molar-refractivity contribution in [1.29, 1.82) is 0 Å². The molecule has 7 nitrogen and oxygen atoms in total. The molecule has 1 amide bonds. The van der Waals surface area contributed by atoms with Gasteiger partial charge in [0.25, 0.3) is 5.56 Å². The molecule has 0 unspecified atom stereocenters. The van der Waals surface area contributed by atoms with E-state index in [1.165, 1.54) is 55.2 Å². The summed E-state index contributed by atoms with van der Waals surface area (Å²) < 4.78 is 15.3. The molecule has 1 aromatic carbocycles. The van der Waals surface area contributed by atoms with Gasteiger partial charge in [-0.05, 0) is 29.8 Å². The molecular formula is C18H15FN4O3. The summed E-state index contributed by atoms with van der Waals surface area (Å²) in [5, 5.41) is 2.79. The minimum atomic E-state index is -0.498. The number of carbonyl (C=O) groups is 1. The normalized spacial score (nSPS) is 11.2. The summed E-state index contributed by atoms with van der Waals surface area (Å²) in [6.07, 6.45) is 4.07. The highest BCUT2D eigenvalue weighted by Crippen LogP contribution is 2.12. The Morgan fingerprint density at radius 3 is 2.69 bits per heavy atom. The molecule has 0 aliphatic heterocycles. The van der Waals surface area contributed by atoms with Crippen LogP contribution in [0.5, 0.6) is 0 Å². The number of nitrogens with zero attached hydrogens (tertiary/aromatic N) is 3. The van der Waals surface area contributed by atoms with Gasteiger partial charge < -0.3 is 5.32 Å². The first-order chi connectivity index (χ1) is 12.4. The zero-order valence-electron chi connectivity index (χ0n) is 14.1. The minimum absolute atomic E-state index is 0.210. The highest BCUT2D eigenvalue weighted by atomic mass is 19.1. The zero-order chi connectivity index (χ0) is 18.8. The Balaban J connectivity index is 1.88. The van der Waals surface area contributed by atoms with Crippen LogP contribution in [-0.4, -0.2) is 20.0 Å². The van der Waals surface area contributed by atoms with Crippen molar-refractivity contribution in [2.45, 2.75) is 0 Å². The van der Waals surface area contributed by atoms with Gasteiger partial charge in [0.1, 0.15) is 11.5 Å². The van der Waals surface area contributed by atoms with Crippen LogP contribution in [0.15, 0.2) is 52.2 Å². The molecule has 0 atom stereocenters. The molecule has 0 radical (unpaired) electrons. The molecule has 0 aliphatic carbocycles. The molecule has 0 saturated heterocycles. The van der Waals surface area contributed by atoms with E-state index in [0.717, 1.165) is 4.57 Å². The van der Waals surface area contributed by atoms with Gasteiger partial charge >= 0.3 is 5.69 Å². The zero-order valence-corrected chi connectivity index (χ0v) is 14.1. The molecule has 3 aromatic rings. The number of fused-ring (bicyclic) bond motifs is 1. The molecule has 3 rings (SSSR count). The number of rotatable bonds is 3. The van der Waals surface area contributed by atoms with E-state index in [2.05, 4.69) is 10.3 Å². The summed E-state index contributed by atoms with van der Waals surface area (Å²) in [4.78, 5) is 40.2. The summed E-state index contributed by atoms with van der Waals surface area (Å²) in [5.41, 5.74) is 0.0982. The van der Waals surface area contributed by atoms with Crippen molar-refractivity contribution >= 4 is 28.7 Å². The second-order valence-corrected chi connectivity index (χ2v) is 5.68. The molecule has 0 aliphatic rings. The van der Waals surface area contributed by atoms with E-state index in [1.807, 2.05) is 0 Å². The Morgan fingerprint density at radius 2 is 1.96 bits per heavy atom. The summed E-state index contributed by atoms with van der Waals surface area (Å²) in [6.45, 7) is 0. The number of anilines is 1. The number of benzene rings is 1. The standard InChI is InChI=1S/C18H15FN4O3/c1-22-16-14(17(25)23(2)18(22)26)9-13(10-20-16)21-15(24)7-6-11-4-3-5-12(19)8-11/h3-10H,1-2H3,(H,21,24)/b7-6+. The lowest BCUT2D eigenvalue weighted by Gasteiger charge is -2.08. The number of amides is 1. The van der Waals surface area contributed by atoms with Crippen molar-refractivity contribution in [3.63, 3.8) is 0 Å². The van der Waals surface area contributed by atoms with Crippen LogP contribution in [0.2, 0.25) is 0 Å². The van der Waals surface area contributed by atoms with Crippen molar-refractivity contribution in [3.05, 3.63) is 74.8 Å². The van der Waals surface area contributed by atoms with Gasteiger partial charge in [-0.25, -0.2) is 14.2 Å². The number of carbonyl (C=O) groups excluding carboxylic acids is 1. The van der Waals surface area contributed by atoms with Gasteiger partial charge in [-0.3, -0.25) is 18.7 Å². The van der Waals surface area contributed by atoms with Crippen LogP contribution in [-0.2, 0) is 18.9 Å². The van der Waals surface area contributed by atoms with Crippen molar-refractivity contribution in [1.82, 2.24) is 14.1 Å². The number of aryl methyl sites for hydroxylation is 1. The maximum absolute atomic E-state index is 13.1. The molecule has 0 bridgehead atoms. The highest BCUT2D eigenvalue weighted by molar-refractivity contribution is 6.02. The Morgan fingerprint density at radius 1 is 1.19 bits per heavy atom. The molecule has 26 heavy (non-hydrogen) atoms. The lowest BCUT2D eigenvalue weighted by Crippen LogP contribution is -2.37. The number of hydrogen-bond acceptors (Lipinski definition) is 4. The lowest BCUT2D eigenvalue weighted by molar-refractivity contribution is -0.111. The predicted molar refractivity (Wildman–Crippen MR) is 96.3 cm³/mol. The van der Waals surface area contributed by atoms with Gasteiger partial charge in [-0.1, -0.05) is 12.1 Å². The first-order valence-corrected chi connectivity index (χ1v) is 7.67. The third-order valence-corrected chi connectivity index (χ3v) is 3.84. The molecule has 132 valence electrons. The van der Waals surface area contributed by atoms with Crippen LogP contribution in [0, 0.1) is 5.82 Å². The third kappa shape index (κ3) is 3.30. The fourth-order valence-electron chi connectivity index (χ4n) is 2.50. The molecule has 0 spiro atoms. The molecule has 1 N–H and O–H groups in total. The molecule has 2 aromatic heterocycles. The first kappa shape index (κ1) is 17.3. The Hall–Kier alpha value is -3.55. The van der Waals surface area contributed by atoms with Crippen molar-refractivity contribution in [2.75, 3.05) is 5.32 Å². The topological polar surface area (TPSA) is 86.0 Å². The van der Waals surface area contributed by atoms with Gasteiger partial charge in [0, 0.05) is 20.2 Å². The van der Waals surface area contributed by atoms with Crippen LogP contribution < -0.4 is 16.6 Å². The number of aromatic nitrogens is 3. The van der Waals surface area contributed by atoms with Gasteiger partial charge in [0.2, 0.25) is 5.91 Å². The predicted octanol–water partition coefficient (Wildman–Crippen LogP) is 1.42. The second-order valence-electron chi connectivity index (χ2n) is 5.68. The Labute approximate surface area is 147 Å². The molecular weight excluding hydrogens is 339 g/mol. The summed E-state index contributed by atoms with van der Waals surface area (Å²) in [7, 11) is 2.88. The molecule has 0 fully saturated rings. The van der Waals surface area contributed by atoms with E-state index in [9.17, 15) is 18.8 Å².